The van der Waals surface area contributed by atoms with Gasteiger partial charge in [0.2, 0.25) is 0 Å². The predicted octanol–water partition coefficient (Wildman–Crippen LogP) is 4.37. The Kier molecular flexibility index (Phi) is 5.87. The van der Waals surface area contributed by atoms with Gasteiger partial charge in [-0.3, -0.25) is 4.72 Å². The molecule has 6 heteroatoms. The van der Waals surface area contributed by atoms with Crippen LogP contribution in [0.25, 0.3) is 0 Å². The van der Waals surface area contributed by atoms with Crippen LogP contribution in [0.3, 0.4) is 0 Å². The van der Waals surface area contributed by atoms with Crippen LogP contribution >= 0.6 is 0 Å². The van der Waals surface area contributed by atoms with Crippen LogP contribution in [0.5, 0.6) is 0 Å². The highest BCUT2D eigenvalue weighted by molar-refractivity contribution is 7.92. The van der Waals surface area contributed by atoms with Gasteiger partial charge < -0.3 is 9.64 Å². The number of anilines is 2. The fourth-order valence-corrected chi connectivity index (χ4v) is 5.27. The molecule has 2 aromatic carbocycles. The van der Waals surface area contributed by atoms with E-state index in [-0.39, 0.29) is 0 Å². The van der Waals surface area contributed by atoms with Crippen LogP contribution in [0.4, 0.5) is 11.4 Å². The molecule has 4 rings (SSSR count). The Morgan fingerprint density at radius 3 is 2.29 bits per heavy atom. The molecule has 1 aliphatic carbocycles. The Hall–Kier alpha value is -2.05. The molecule has 2 aromatic rings. The number of nitrogens with one attached hydrogen (secondary N) is 1. The van der Waals surface area contributed by atoms with E-state index < -0.39 is 10.0 Å². The number of benzene rings is 2. The Bertz CT molecular complexity index is 884. The molecule has 1 heterocycles. The zero-order valence-corrected chi connectivity index (χ0v) is 17.0. The standard InChI is InChI=1S/C22H28N2O3S/c25-28(26,20-12-10-19(11-13-20)18-6-2-1-3-7-18)23-21-8-4-5-9-22(21)24-14-16-27-17-15-24/h4-5,8-13,18,23H,1-3,6-7,14-17H2. The van der Waals surface area contributed by atoms with Crippen LogP contribution in [0, 0.1) is 0 Å². The van der Waals surface area contributed by atoms with E-state index in [4.69, 9.17) is 4.74 Å². The molecule has 0 radical (unpaired) electrons. The lowest BCUT2D eigenvalue weighted by molar-refractivity contribution is 0.123. The van der Waals surface area contributed by atoms with E-state index in [2.05, 4.69) is 9.62 Å². The molecule has 1 saturated carbocycles. The van der Waals surface area contributed by atoms with Crippen molar-refractivity contribution < 1.29 is 13.2 Å². The molecule has 150 valence electrons. The number of sulfonamides is 1. The van der Waals surface area contributed by atoms with Crippen molar-refractivity contribution in [3.05, 3.63) is 54.1 Å². The van der Waals surface area contributed by atoms with Gasteiger partial charge in [-0.15, -0.1) is 0 Å². The molecule has 1 aliphatic heterocycles. The van der Waals surface area contributed by atoms with Gasteiger partial charge in [0.15, 0.2) is 0 Å². The lowest BCUT2D eigenvalue weighted by Gasteiger charge is -2.30. The molecule has 2 aliphatic rings. The fraction of sp³-hybridized carbons (Fsp3) is 0.455. The number of ether oxygens (including phenoxy) is 1. The van der Waals surface area contributed by atoms with E-state index in [1.54, 1.807) is 12.1 Å². The van der Waals surface area contributed by atoms with E-state index in [1.807, 2.05) is 36.4 Å². The summed E-state index contributed by atoms with van der Waals surface area (Å²) in [6, 6.07) is 15.0. The summed E-state index contributed by atoms with van der Waals surface area (Å²) in [5.74, 6) is 0.570. The minimum Gasteiger partial charge on any atom is -0.378 e. The maximum Gasteiger partial charge on any atom is 0.261 e. The first kappa shape index (κ1) is 19.3. The normalized spacial score (nSPS) is 18.8. The molecule has 0 spiro atoms. The van der Waals surface area contributed by atoms with Crippen molar-refractivity contribution in [2.75, 3.05) is 35.9 Å². The first-order chi connectivity index (χ1) is 13.6. The van der Waals surface area contributed by atoms with E-state index in [1.165, 1.54) is 37.7 Å². The molecule has 2 fully saturated rings. The molecule has 0 atom stereocenters. The third-order valence-corrected chi connectivity index (χ3v) is 7.15. The van der Waals surface area contributed by atoms with Crippen molar-refractivity contribution in [3.63, 3.8) is 0 Å². The molecular weight excluding hydrogens is 372 g/mol. The van der Waals surface area contributed by atoms with E-state index in [9.17, 15) is 8.42 Å². The highest BCUT2D eigenvalue weighted by atomic mass is 32.2. The Labute approximate surface area is 167 Å². The molecule has 0 aromatic heterocycles. The van der Waals surface area contributed by atoms with Crippen LogP contribution in [-0.4, -0.2) is 34.7 Å². The predicted molar refractivity (Wildman–Crippen MR) is 113 cm³/mol. The summed E-state index contributed by atoms with van der Waals surface area (Å²) < 4.78 is 34.1. The largest absolute Gasteiger partial charge is 0.378 e. The highest BCUT2D eigenvalue weighted by Crippen LogP contribution is 2.33. The maximum absolute atomic E-state index is 13.0. The number of nitrogens with zero attached hydrogens (tertiary/aromatic N) is 1. The Morgan fingerprint density at radius 2 is 1.57 bits per heavy atom. The van der Waals surface area contributed by atoms with Gasteiger partial charge in [-0.2, -0.15) is 0 Å². The quantitative estimate of drug-likeness (QED) is 0.810. The van der Waals surface area contributed by atoms with Crippen LogP contribution in [0.1, 0.15) is 43.6 Å². The van der Waals surface area contributed by atoms with Crippen molar-refractivity contribution in [1.29, 1.82) is 0 Å². The summed E-state index contributed by atoms with van der Waals surface area (Å²) in [7, 11) is -3.63. The number of para-hydroxylation sites is 2. The number of rotatable bonds is 5. The van der Waals surface area contributed by atoms with Crippen LogP contribution in [0.2, 0.25) is 0 Å². The second-order valence-electron chi connectivity index (χ2n) is 7.63. The van der Waals surface area contributed by atoms with Crippen molar-refractivity contribution in [2.24, 2.45) is 0 Å². The van der Waals surface area contributed by atoms with Crippen LogP contribution in [-0.2, 0) is 14.8 Å². The Balaban J connectivity index is 1.53. The number of hydrogen-bond acceptors (Lipinski definition) is 4. The highest BCUT2D eigenvalue weighted by Gasteiger charge is 2.21. The van der Waals surface area contributed by atoms with Crippen LogP contribution in [0.15, 0.2) is 53.4 Å². The lowest BCUT2D eigenvalue weighted by atomic mass is 9.84. The van der Waals surface area contributed by atoms with E-state index in [0.717, 1.165) is 18.8 Å². The molecular formula is C22H28N2O3S. The molecule has 28 heavy (non-hydrogen) atoms. The molecule has 1 N–H and O–H groups in total. The zero-order valence-electron chi connectivity index (χ0n) is 16.1. The van der Waals surface area contributed by atoms with Crippen molar-refractivity contribution in [1.82, 2.24) is 0 Å². The van der Waals surface area contributed by atoms with Gasteiger partial charge in [0.05, 0.1) is 29.5 Å². The molecule has 5 nitrogen and oxygen atoms in total. The van der Waals surface area contributed by atoms with Crippen molar-refractivity contribution in [2.45, 2.75) is 42.9 Å². The van der Waals surface area contributed by atoms with E-state index in [0.29, 0.717) is 29.7 Å². The van der Waals surface area contributed by atoms with Gasteiger partial charge in [-0.1, -0.05) is 43.5 Å². The van der Waals surface area contributed by atoms with Gasteiger partial charge in [-0.25, -0.2) is 8.42 Å². The smallest absolute Gasteiger partial charge is 0.261 e. The average Bonchev–Trinajstić information content (AvgIpc) is 2.75. The summed E-state index contributed by atoms with van der Waals surface area (Å²) in [5.41, 5.74) is 2.77. The monoisotopic (exact) mass is 400 g/mol. The van der Waals surface area contributed by atoms with Gasteiger partial charge >= 0.3 is 0 Å². The summed E-state index contributed by atoms with van der Waals surface area (Å²) in [6.45, 7) is 2.83. The first-order valence-electron chi connectivity index (χ1n) is 10.2. The topological polar surface area (TPSA) is 58.6 Å². The number of morpholine rings is 1. The van der Waals surface area contributed by atoms with Crippen LogP contribution < -0.4 is 9.62 Å². The zero-order chi connectivity index (χ0) is 19.4. The maximum atomic E-state index is 13.0. The summed E-state index contributed by atoms with van der Waals surface area (Å²) in [5, 5.41) is 0. The van der Waals surface area contributed by atoms with Gasteiger partial charge in [-0.05, 0) is 48.6 Å². The minimum atomic E-state index is -3.63. The third kappa shape index (κ3) is 4.33. The second-order valence-corrected chi connectivity index (χ2v) is 9.31. The van der Waals surface area contributed by atoms with Crippen molar-refractivity contribution >= 4 is 21.4 Å². The second kappa shape index (κ2) is 8.53. The van der Waals surface area contributed by atoms with Gasteiger partial charge in [0.25, 0.3) is 10.0 Å². The fourth-order valence-electron chi connectivity index (χ4n) is 4.20. The average molecular weight is 401 g/mol. The SMILES string of the molecule is O=S(=O)(Nc1ccccc1N1CCOCC1)c1ccc(C2CCCCC2)cc1. The first-order valence-corrected chi connectivity index (χ1v) is 11.7. The van der Waals surface area contributed by atoms with Gasteiger partial charge in [0, 0.05) is 13.1 Å². The van der Waals surface area contributed by atoms with Gasteiger partial charge in [0.1, 0.15) is 0 Å². The molecule has 1 saturated heterocycles. The number of hydrogen-bond donors (Lipinski definition) is 1. The third-order valence-electron chi connectivity index (χ3n) is 5.77. The molecule has 0 amide bonds. The summed E-state index contributed by atoms with van der Waals surface area (Å²) >= 11 is 0. The van der Waals surface area contributed by atoms with E-state index >= 15 is 0 Å². The minimum absolute atomic E-state index is 0.309. The molecule has 0 unspecified atom stereocenters. The molecule has 0 bridgehead atoms. The summed E-state index contributed by atoms with van der Waals surface area (Å²) in [6.07, 6.45) is 6.26. The Morgan fingerprint density at radius 1 is 0.893 bits per heavy atom. The van der Waals surface area contributed by atoms with Crippen molar-refractivity contribution in [3.8, 4) is 0 Å². The summed E-state index contributed by atoms with van der Waals surface area (Å²) in [4.78, 5) is 2.47. The lowest BCUT2D eigenvalue weighted by Crippen LogP contribution is -2.36.